The van der Waals surface area contributed by atoms with E-state index < -0.39 is 12.0 Å². The summed E-state index contributed by atoms with van der Waals surface area (Å²) in [7, 11) is 1.58. The highest BCUT2D eigenvalue weighted by atomic mass is 16.5. The first-order valence-corrected chi connectivity index (χ1v) is 8.50. The van der Waals surface area contributed by atoms with E-state index in [0.29, 0.717) is 5.75 Å². The van der Waals surface area contributed by atoms with E-state index in [1.54, 1.807) is 13.3 Å². The summed E-state index contributed by atoms with van der Waals surface area (Å²) in [5.41, 5.74) is 1.32. The number of ether oxygens (including phenoxy) is 2. The fourth-order valence-electron chi connectivity index (χ4n) is 2.59. The van der Waals surface area contributed by atoms with E-state index in [0.717, 1.165) is 16.5 Å². The van der Waals surface area contributed by atoms with Crippen molar-refractivity contribution in [3.63, 3.8) is 0 Å². The zero-order chi connectivity index (χ0) is 19.3. The monoisotopic (exact) mass is 362 g/mol. The maximum Gasteiger partial charge on any atom is 0.326 e. The summed E-state index contributed by atoms with van der Waals surface area (Å²) in [5.74, 6) is -0.727. The molecule has 0 saturated heterocycles. The number of amides is 1. The van der Waals surface area contributed by atoms with Crippen molar-refractivity contribution >= 4 is 22.8 Å². The van der Waals surface area contributed by atoms with E-state index in [4.69, 9.17) is 9.47 Å². The zero-order valence-corrected chi connectivity index (χ0v) is 15.6. The lowest BCUT2D eigenvalue weighted by Crippen LogP contribution is -2.42. The molecule has 142 valence electrons. The van der Waals surface area contributed by atoms with Crippen LogP contribution in [0.5, 0.6) is 5.75 Å². The Morgan fingerprint density at radius 3 is 2.65 bits per heavy atom. The van der Waals surface area contributed by atoms with Gasteiger partial charge in [-0.3, -0.25) is 4.79 Å². The quantitative estimate of drug-likeness (QED) is 0.670. The summed E-state index contributed by atoms with van der Waals surface area (Å²) < 4.78 is 10.8. The summed E-state index contributed by atoms with van der Waals surface area (Å²) in [5, 5.41) is 12.8. The third-order valence-corrected chi connectivity index (χ3v) is 3.90. The fraction of sp³-hybridized carbons (Fsp3) is 0.474. The molecule has 0 saturated carbocycles. The molecule has 0 fully saturated rings. The van der Waals surface area contributed by atoms with Crippen molar-refractivity contribution in [3.8, 4) is 5.75 Å². The molecule has 2 rings (SSSR count). The first-order valence-electron chi connectivity index (χ1n) is 8.50. The predicted molar refractivity (Wildman–Crippen MR) is 98.4 cm³/mol. The molecule has 1 heterocycles. The SMILES string of the molecule is COc1ccc2[nH]cc(CC(=O)NC(CCOC(C)(C)C)C(=O)O)c2c1. The van der Waals surface area contributed by atoms with Crippen LogP contribution in [0.4, 0.5) is 0 Å². The molecular weight excluding hydrogens is 336 g/mol. The highest BCUT2D eigenvalue weighted by Crippen LogP contribution is 2.24. The maximum atomic E-state index is 12.3. The summed E-state index contributed by atoms with van der Waals surface area (Å²) in [4.78, 5) is 26.8. The third-order valence-electron chi connectivity index (χ3n) is 3.90. The van der Waals surface area contributed by atoms with Crippen molar-refractivity contribution in [2.45, 2.75) is 45.3 Å². The van der Waals surface area contributed by atoms with Gasteiger partial charge >= 0.3 is 5.97 Å². The molecule has 7 heteroatoms. The molecule has 0 spiro atoms. The number of rotatable bonds is 8. The van der Waals surface area contributed by atoms with E-state index in [2.05, 4.69) is 10.3 Å². The number of fused-ring (bicyclic) bond motifs is 1. The average molecular weight is 362 g/mol. The lowest BCUT2D eigenvalue weighted by Gasteiger charge is -2.21. The largest absolute Gasteiger partial charge is 0.497 e. The van der Waals surface area contributed by atoms with Crippen molar-refractivity contribution in [1.82, 2.24) is 10.3 Å². The van der Waals surface area contributed by atoms with Gasteiger partial charge in [0.15, 0.2) is 0 Å². The van der Waals surface area contributed by atoms with Crippen molar-refractivity contribution in [2.75, 3.05) is 13.7 Å². The van der Waals surface area contributed by atoms with Gasteiger partial charge in [0.2, 0.25) is 5.91 Å². The van der Waals surface area contributed by atoms with Crippen molar-refractivity contribution in [3.05, 3.63) is 30.0 Å². The Morgan fingerprint density at radius 1 is 1.31 bits per heavy atom. The van der Waals surface area contributed by atoms with Gasteiger partial charge in [-0.1, -0.05) is 0 Å². The molecule has 1 unspecified atom stereocenters. The van der Waals surface area contributed by atoms with Gasteiger partial charge in [0.05, 0.1) is 19.1 Å². The molecule has 0 aliphatic carbocycles. The molecule has 2 aromatic rings. The van der Waals surface area contributed by atoms with E-state index in [-0.39, 0.29) is 31.0 Å². The Balaban J connectivity index is 2.00. The molecule has 0 aliphatic heterocycles. The highest BCUT2D eigenvalue weighted by Gasteiger charge is 2.22. The molecule has 7 nitrogen and oxygen atoms in total. The van der Waals surface area contributed by atoms with Crippen LogP contribution < -0.4 is 10.1 Å². The van der Waals surface area contributed by atoms with Crippen molar-refractivity contribution < 1.29 is 24.2 Å². The maximum absolute atomic E-state index is 12.3. The Hall–Kier alpha value is -2.54. The van der Waals surface area contributed by atoms with E-state index in [1.165, 1.54) is 0 Å². The minimum Gasteiger partial charge on any atom is -0.497 e. The second-order valence-corrected chi connectivity index (χ2v) is 7.11. The first-order chi connectivity index (χ1) is 12.2. The van der Waals surface area contributed by atoms with Crippen molar-refractivity contribution in [1.29, 1.82) is 0 Å². The molecule has 1 atom stereocenters. The molecule has 0 radical (unpaired) electrons. The Bertz CT molecular complexity index is 776. The normalized spacial score (nSPS) is 12.8. The van der Waals surface area contributed by atoms with Crippen LogP contribution >= 0.6 is 0 Å². The summed E-state index contributed by atoms with van der Waals surface area (Å²) in [6.07, 6.45) is 2.04. The number of aromatic nitrogens is 1. The number of aliphatic carboxylic acids is 1. The molecule has 0 aliphatic rings. The zero-order valence-electron chi connectivity index (χ0n) is 15.6. The second-order valence-electron chi connectivity index (χ2n) is 7.11. The van der Waals surface area contributed by atoms with Crippen LogP contribution in [0.25, 0.3) is 10.9 Å². The topological polar surface area (TPSA) is 101 Å². The van der Waals surface area contributed by atoms with E-state index in [9.17, 15) is 14.7 Å². The number of aromatic amines is 1. The number of H-pyrrole nitrogens is 1. The minimum atomic E-state index is -1.07. The lowest BCUT2D eigenvalue weighted by atomic mass is 10.1. The van der Waals surface area contributed by atoms with Gasteiger partial charge in [0.1, 0.15) is 11.8 Å². The van der Waals surface area contributed by atoms with Crippen LogP contribution in [0.3, 0.4) is 0 Å². The van der Waals surface area contributed by atoms with Crippen LogP contribution in [-0.4, -0.2) is 47.3 Å². The summed E-state index contributed by atoms with van der Waals surface area (Å²) >= 11 is 0. The number of carbonyl (C=O) groups excluding carboxylic acids is 1. The number of methoxy groups -OCH3 is 1. The van der Waals surface area contributed by atoms with Gasteiger partial charge in [-0.05, 0) is 44.5 Å². The van der Waals surface area contributed by atoms with Crippen LogP contribution in [0.2, 0.25) is 0 Å². The number of hydrogen-bond acceptors (Lipinski definition) is 4. The minimum absolute atomic E-state index is 0.0804. The number of benzene rings is 1. The van der Waals surface area contributed by atoms with Gasteiger partial charge in [-0.15, -0.1) is 0 Å². The smallest absolute Gasteiger partial charge is 0.326 e. The van der Waals surface area contributed by atoms with Gasteiger partial charge in [-0.2, -0.15) is 0 Å². The van der Waals surface area contributed by atoms with Gasteiger partial charge in [-0.25, -0.2) is 4.79 Å². The lowest BCUT2D eigenvalue weighted by molar-refractivity contribution is -0.142. The highest BCUT2D eigenvalue weighted by molar-refractivity contribution is 5.91. The van der Waals surface area contributed by atoms with Gasteiger partial charge < -0.3 is 24.9 Å². The first kappa shape index (κ1) is 19.8. The number of carboxylic acid groups (broad SMARTS) is 1. The van der Waals surface area contributed by atoms with Crippen molar-refractivity contribution in [2.24, 2.45) is 0 Å². The average Bonchev–Trinajstić information content (AvgIpc) is 2.94. The van der Waals surface area contributed by atoms with Crippen LogP contribution in [0.15, 0.2) is 24.4 Å². The fourth-order valence-corrected chi connectivity index (χ4v) is 2.59. The molecule has 1 aromatic heterocycles. The predicted octanol–water partition coefficient (Wildman–Crippen LogP) is 2.49. The van der Waals surface area contributed by atoms with E-state index in [1.807, 2.05) is 39.0 Å². The van der Waals surface area contributed by atoms with Crippen LogP contribution in [0, 0.1) is 0 Å². The molecule has 0 bridgehead atoms. The van der Waals surface area contributed by atoms with Crippen LogP contribution in [-0.2, 0) is 20.7 Å². The molecule has 3 N–H and O–H groups in total. The molecular formula is C19H26N2O5. The van der Waals surface area contributed by atoms with Gasteiger partial charge in [0, 0.05) is 30.1 Å². The van der Waals surface area contributed by atoms with Crippen LogP contribution in [0.1, 0.15) is 32.8 Å². The Kier molecular flexibility index (Phi) is 6.26. The number of hydrogen-bond donors (Lipinski definition) is 3. The molecule has 26 heavy (non-hydrogen) atoms. The summed E-state index contributed by atoms with van der Waals surface area (Å²) in [6, 6.07) is 4.57. The molecule has 1 aromatic carbocycles. The second kappa shape index (κ2) is 8.23. The van der Waals surface area contributed by atoms with Gasteiger partial charge in [0.25, 0.3) is 0 Å². The number of carbonyl (C=O) groups is 2. The Morgan fingerprint density at radius 2 is 2.04 bits per heavy atom. The number of nitrogens with one attached hydrogen (secondary N) is 2. The Labute approximate surface area is 152 Å². The standard InChI is InChI=1S/C19H26N2O5/c1-19(2,3)26-8-7-16(18(23)24)21-17(22)9-12-11-20-15-6-5-13(25-4)10-14(12)15/h5-6,10-11,16,20H,7-9H2,1-4H3,(H,21,22)(H,23,24). The molecule has 1 amide bonds. The summed E-state index contributed by atoms with van der Waals surface area (Å²) in [6.45, 7) is 5.94. The third kappa shape index (κ3) is 5.49. The number of carboxylic acids is 1. The van der Waals surface area contributed by atoms with E-state index >= 15 is 0 Å².